The van der Waals surface area contributed by atoms with Gasteiger partial charge in [0, 0.05) is 12.1 Å². The molecule has 7 nitrogen and oxygen atoms in total. The smallest absolute Gasteiger partial charge is 0.258 e. The Bertz CT molecular complexity index is 627. The number of sulfonamides is 1. The summed E-state index contributed by atoms with van der Waals surface area (Å²) in [7, 11) is -3.43. The number of non-ortho nitro benzene ring substituents is 1. The normalized spacial score (nSPS) is 11.7. The van der Waals surface area contributed by atoms with E-state index in [0.717, 1.165) is 19.3 Å². The van der Waals surface area contributed by atoms with Gasteiger partial charge in [-0.3, -0.25) is 10.1 Å². The molecule has 0 aliphatic carbocycles. The molecule has 0 saturated carbocycles. The summed E-state index contributed by atoms with van der Waals surface area (Å²) in [6.45, 7) is 2.16. The van der Waals surface area contributed by atoms with Gasteiger partial charge in [0.1, 0.15) is 0 Å². The van der Waals surface area contributed by atoms with Crippen molar-refractivity contribution in [3.05, 3.63) is 39.9 Å². The van der Waals surface area contributed by atoms with E-state index >= 15 is 0 Å². The van der Waals surface area contributed by atoms with Crippen LogP contribution in [0.5, 0.6) is 0 Å². The molecule has 1 aromatic carbocycles. The quantitative estimate of drug-likeness (QED) is 0.268. The molecule has 1 rings (SSSR count). The summed E-state index contributed by atoms with van der Waals surface area (Å²) in [5.74, 6) is 0.0539. The van der Waals surface area contributed by atoms with Crippen LogP contribution >= 0.6 is 0 Å². The second-order valence-electron chi connectivity index (χ2n) is 5.64. The first-order valence-electron chi connectivity index (χ1n) is 8.21. The topological polar surface area (TPSA) is 102 Å². The summed E-state index contributed by atoms with van der Waals surface area (Å²) >= 11 is 0. The number of benzene rings is 1. The van der Waals surface area contributed by atoms with Crippen LogP contribution in [0.25, 0.3) is 0 Å². The highest BCUT2D eigenvalue weighted by Gasteiger charge is 2.08. The van der Waals surface area contributed by atoms with E-state index in [9.17, 15) is 18.5 Å². The van der Waals surface area contributed by atoms with Gasteiger partial charge in [0.15, 0.2) is 0 Å². The molecule has 134 valence electrons. The zero-order chi connectivity index (χ0) is 17.8. The van der Waals surface area contributed by atoms with Crippen LogP contribution in [0, 0.1) is 10.1 Å². The van der Waals surface area contributed by atoms with Gasteiger partial charge in [-0.05, 0) is 24.1 Å². The Hall–Kier alpha value is -1.96. The third-order valence-corrected chi connectivity index (χ3v) is 4.74. The number of nitro benzene ring substituents is 1. The minimum Gasteiger partial charge on any atom is -0.258 e. The fourth-order valence-electron chi connectivity index (χ4n) is 2.16. The van der Waals surface area contributed by atoms with Gasteiger partial charge in [-0.1, -0.05) is 45.4 Å². The Balaban J connectivity index is 2.30. The predicted octanol–water partition coefficient (Wildman–Crippen LogP) is 3.60. The number of hydrogen-bond acceptors (Lipinski definition) is 5. The maximum atomic E-state index is 11.8. The summed E-state index contributed by atoms with van der Waals surface area (Å²) in [5, 5.41) is 14.2. The third kappa shape index (κ3) is 8.61. The van der Waals surface area contributed by atoms with E-state index in [0.29, 0.717) is 12.0 Å². The zero-order valence-corrected chi connectivity index (χ0v) is 14.8. The summed E-state index contributed by atoms with van der Waals surface area (Å²) in [4.78, 5) is 12.2. The fourth-order valence-corrected chi connectivity index (χ4v) is 3.05. The van der Waals surface area contributed by atoms with E-state index in [2.05, 4.69) is 16.9 Å². The Kier molecular flexibility index (Phi) is 8.99. The number of hydrazone groups is 1. The molecule has 0 aliphatic heterocycles. The van der Waals surface area contributed by atoms with E-state index in [4.69, 9.17) is 0 Å². The summed E-state index contributed by atoms with van der Waals surface area (Å²) < 4.78 is 23.6. The van der Waals surface area contributed by atoms with Gasteiger partial charge < -0.3 is 0 Å². The van der Waals surface area contributed by atoms with Gasteiger partial charge in [-0.25, -0.2) is 13.2 Å². The SMILES string of the molecule is CCCCCCCCCS(=O)(=O)N/N=C/c1ccc([N+](=O)[O-])cc1. The van der Waals surface area contributed by atoms with E-state index in [1.54, 1.807) is 0 Å². The van der Waals surface area contributed by atoms with Crippen molar-refractivity contribution >= 4 is 21.9 Å². The number of unbranched alkanes of at least 4 members (excludes halogenated alkanes) is 6. The minimum absolute atomic E-state index is 0.0216. The lowest BCUT2D eigenvalue weighted by Crippen LogP contribution is -2.21. The van der Waals surface area contributed by atoms with Crippen molar-refractivity contribution < 1.29 is 13.3 Å². The van der Waals surface area contributed by atoms with Crippen LogP contribution in [0.2, 0.25) is 0 Å². The Morgan fingerprint density at radius 1 is 1.08 bits per heavy atom. The number of nitro groups is 1. The molecule has 8 heteroatoms. The Morgan fingerprint density at radius 3 is 2.25 bits per heavy atom. The van der Waals surface area contributed by atoms with Crippen molar-refractivity contribution in [3.8, 4) is 0 Å². The second kappa shape index (κ2) is 10.7. The molecule has 1 aromatic rings. The molecule has 24 heavy (non-hydrogen) atoms. The first kappa shape index (κ1) is 20.1. The third-order valence-electron chi connectivity index (χ3n) is 3.53. The van der Waals surface area contributed by atoms with Crippen molar-refractivity contribution in [2.45, 2.75) is 51.9 Å². The maximum absolute atomic E-state index is 11.8. The molecule has 0 aliphatic rings. The number of nitrogens with zero attached hydrogens (tertiary/aromatic N) is 2. The molecule has 0 fully saturated rings. The van der Waals surface area contributed by atoms with Crippen LogP contribution in [0.1, 0.15) is 57.4 Å². The molecule has 0 spiro atoms. The number of rotatable bonds is 12. The van der Waals surface area contributed by atoms with Crippen molar-refractivity contribution in [2.24, 2.45) is 5.10 Å². The number of hydrogen-bond donors (Lipinski definition) is 1. The van der Waals surface area contributed by atoms with Crippen LogP contribution in [0.15, 0.2) is 29.4 Å². The number of nitrogens with one attached hydrogen (secondary N) is 1. The standard InChI is InChI=1S/C16H25N3O4S/c1-2-3-4-5-6-7-8-13-24(22,23)18-17-14-15-9-11-16(12-10-15)19(20)21/h9-12,14,18H,2-8,13H2,1H3/b17-14+. The molecule has 0 unspecified atom stereocenters. The highest BCUT2D eigenvalue weighted by atomic mass is 32.2. The lowest BCUT2D eigenvalue weighted by Gasteiger charge is -2.03. The molecule has 1 N–H and O–H groups in total. The molecule has 0 amide bonds. The second-order valence-corrected chi connectivity index (χ2v) is 7.46. The van der Waals surface area contributed by atoms with Gasteiger partial charge in [-0.15, -0.1) is 0 Å². The van der Waals surface area contributed by atoms with Crippen LogP contribution in [-0.4, -0.2) is 25.3 Å². The summed E-state index contributed by atoms with van der Waals surface area (Å²) in [6.07, 6.45) is 8.70. The van der Waals surface area contributed by atoms with E-state index in [1.165, 1.54) is 49.7 Å². The first-order chi connectivity index (χ1) is 11.4. The van der Waals surface area contributed by atoms with Gasteiger partial charge >= 0.3 is 0 Å². The fraction of sp³-hybridized carbons (Fsp3) is 0.562. The van der Waals surface area contributed by atoms with Gasteiger partial charge in [0.2, 0.25) is 10.0 Å². The highest BCUT2D eigenvalue weighted by Crippen LogP contribution is 2.10. The van der Waals surface area contributed by atoms with Gasteiger partial charge in [0.25, 0.3) is 5.69 Å². The Morgan fingerprint density at radius 2 is 1.67 bits per heavy atom. The van der Waals surface area contributed by atoms with E-state index in [-0.39, 0.29) is 11.4 Å². The van der Waals surface area contributed by atoms with Crippen molar-refractivity contribution in [1.29, 1.82) is 0 Å². The van der Waals surface area contributed by atoms with Gasteiger partial charge in [-0.2, -0.15) is 5.10 Å². The molecular formula is C16H25N3O4S. The lowest BCUT2D eigenvalue weighted by molar-refractivity contribution is -0.384. The molecule has 0 atom stereocenters. The molecule has 0 radical (unpaired) electrons. The maximum Gasteiger partial charge on any atom is 0.269 e. The lowest BCUT2D eigenvalue weighted by atomic mass is 10.1. The molecule has 0 heterocycles. The summed E-state index contributed by atoms with van der Waals surface area (Å²) in [6, 6.07) is 5.70. The average Bonchev–Trinajstić information content (AvgIpc) is 2.54. The van der Waals surface area contributed by atoms with Crippen molar-refractivity contribution in [1.82, 2.24) is 4.83 Å². The van der Waals surface area contributed by atoms with Crippen LogP contribution < -0.4 is 4.83 Å². The average molecular weight is 355 g/mol. The van der Waals surface area contributed by atoms with Gasteiger partial charge in [0.05, 0.1) is 16.9 Å². The largest absolute Gasteiger partial charge is 0.269 e. The minimum atomic E-state index is -3.43. The zero-order valence-electron chi connectivity index (χ0n) is 14.0. The molecule has 0 bridgehead atoms. The predicted molar refractivity (Wildman–Crippen MR) is 95.6 cm³/mol. The summed E-state index contributed by atoms with van der Waals surface area (Å²) in [5.41, 5.74) is 0.561. The Labute approximate surface area is 143 Å². The molecule has 0 aromatic heterocycles. The first-order valence-corrected chi connectivity index (χ1v) is 9.87. The molecule has 0 saturated heterocycles. The van der Waals surface area contributed by atoms with Crippen LogP contribution in [0.4, 0.5) is 5.69 Å². The molecular weight excluding hydrogens is 330 g/mol. The van der Waals surface area contributed by atoms with Crippen molar-refractivity contribution in [3.63, 3.8) is 0 Å². The highest BCUT2D eigenvalue weighted by molar-refractivity contribution is 7.89. The van der Waals surface area contributed by atoms with Crippen LogP contribution in [0.3, 0.4) is 0 Å². The monoisotopic (exact) mass is 355 g/mol. The van der Waals surface area contributed by atoms with Crippen molar-refractivity contribution in [2.75, 3.05) is 5.75 Å². The van der Waals surface area contributed by atoms with E-state index < -0.39 is 14.9 Å². The van der Waals surface area contributed by atoms with Crippen LogP contribution in [-0.2, 0) is 10.0 Å². The van der Waals surface area contributed by atoms with E-state index in [1.807, 2.05) is 0 Å².